The Kier molecular flexibility index (Phi) is 6.24. The summed E-state index contributed by atoms with van der Waals surface area (Å²) in [6.07, 6.45) is 5.95. The fourth-order valence-corrected chi connectivity index (χ4v) is 1.58. The van der Waals surface area contributed by atoms with Gasteiger partial charge in [0.1, 0.15) is 11.6 Å². The van der Waals surface area contributed by atoms with Crippen molar-refractivity contribution in [3.05, 3.63) is 29.0 Å². The molecule has 0 bridgehead atoms. The number of halogens is 2. The van der Waals surface area contributed by atoms with Gasteiger partial charge in [-0.25, -0.2) is 4.39 Å². The highest BCUT2D eigenvalue weighted by atomic mass is 35.5. The molecule has 0 amide bonds. The third-order valence-corrected chi connectivity index (χ3v) is 2.71. The lowest BCUT2D eigenvalue weighted by molar-refractivity contribution is 0.303. The summed E-state index contributed by atoms with van der Waals surface area (Å²) in [4.78, 5) is 0. The summed E-state index contributed by atoms with van der Waals surface area (Å²) >= 11 is 5.57. The maximum atomic E-state index is 13.0. The molecule has 0 aliphatic carbocycles. The summed E-state index contributed by atoms with van der Waals surface area (Å²) < 4.78 is 18.5. The van der Waals surface area contributed by atoms with E-state index in [1.165, 1.54) is 37.8 Å². The van der Waals surface area contributed by atoms with Crippen LogP contribution in [0.3, 0.4) is 0 Å². The van der Waals surface area contributed by atoms with Gasteiger partial charge < -0.3 is 4.74 Å². The standard InChI is InChI=1S/C13H18ClFO/c1-2-3-4-5-6-9-16-11-7-8-12(14)13(15)10-11/h7-8,10H,2-6,9H2,1H3. The first-order valence-corrected chi connectivity index (χ1v) is 6.19. The van der Waals surface area contributed by atoms with Crippen LogP contribution in [0.1, 0.15) is 39.0 Å². The van der Waals surface area contributed by atoms with Crippen molar-refractivity contribution in [2.45, 2.75) is 39.0 Å². The molecule has 0 radical (unpaired) electrons. The van der Waals surface area contributed by atoms with Crippen LogP contribution >= 0.6 is 11.6 Å². The highest BCUT2D eigenvalue weighted by Gasteiger charge is 2.01. The van der Waals surface area contributed by atoms with Crippen molar-refractivity contribution >= 4 is 11.6 Å². The molecule has 90 valence electrons. The van der Waals surface area contributed by atoms with Crippen LogP contribution in [0.25, 0.3) is 0 Å². The van der Waals surface area contributed by atoms with Crippen LogP contribution < -0.4 is 4.74 Å². The lowest BCUT2D eigenvalue weighted by atomic mass is 10.2. The molecule has 0 N–H and O–H groups in total. The van der Waals surface area contributed by atoms with E-state index >= 15 is 0 Å². The highest BCUT2D eigenvalue weighted by Crippen LogP contribution is 2.20. The molecule has 16 heavy (non-hydrogen) atoms. The summed E-state index contributed by atoms with van der Waals surface area (Å²) in [5.41, 5.74) is 0. The van der Waals surface area contributed by atoms with E-state index in [1.807, 2.05) is 0 Å². The van der Waals surface area contributed by atoms with Gasteiger partial charge in [0.25, 0.3) is 0 Å². The molecule has 0 spiro atoms. The van der Waals surface area contributed by atoms with Crippen molar-refractivity contribution in [1.82, 2.24) is 0 Å². The Balaban J connectivity index is 2.19. The lowest BCUT2D eigenvalue weighted by Crippen LogP contribution is -1.97. The van der Waals surface area contributed by atoms with E-state index in [0.29, 0.717) is 12.4 Å². The molecule has 3 heteroatoms. The van der Waals surface area contributed by atoms with Gasteiger partial charge in [0.15, 0.2) is 0 Å². The predicted octanol–water partition coefficient (Wildman–Crippen LogP) is 4.83. The smallest absolute Gasteiger partial charge is 0.145 e. The second kappa shape index (κ2) is 7.50. The van der Waals surface area contributed by atoms with Crippen LogP contribution in [0, 0.1) is 5.82 Å². The average molecular weight is 245 g/mol. The second-order valence-corrected chi connectivity index (χ2v) is 4.25. The largest absolute Gasteiger partial charge is 0.493 e. The average Bonchev–Trinajstić information content (AvgIpc) is 2.28. The molecule has 0 aliphatic heterocycles. The summed E-state index contributed by atoms with van der Waals surface area (Å²) in [6.45, 7) is 2.83. The van der Waals surface area contributed by atoms with Gasteiger partial charge in [0.05, 0.1) is 11.6 Å². The molecular formula is C13H18ClFO. The van der Waals surface area contributed by atoms with Gasteiger partial charge in [0.2, 0.25) is 0 Å². The van der Waals surface area contributed by atoms with Gasteiger partial charge in [-0.05, 0) is 18.6 Å². The van der Waals surface area contributed by atoms with Crippen LogP contribution in [0.15, 0.2) is 18.2 Å². The summed E-state index contributed by atoms with van der Waals surface area (Å²) in [7, 11) is 0. The van der Waals surface area contributed by atoms with Crippen molar-refractivity contribution in [2.24, 2.45) is 0 Å². The van der Waals surface area contributed by atoms with Gasteiger partial charge in [-0.3, -0.25) is 0 Å². The third-order valence-electron chi connectivity index (χ3n) is 2.41. The van der Waals surface area contributed by atoms with Gasteiger partial charge in [-0.1, -0.05) is 44.2 Å². The minimum atomic E-state index is -0.426. The summed E-state index contributed by atoms with van der Waals surface area (Å²) in [5.74, 6) is 0.127. The molecule has 1 aromatic rings. The number of hydrogen-bond donors (Lipinski definition) is 0. The Morgan fingerprint density at radius 1 is 1.19 bits per heavy atom. The van der Waals surface area contributed by atoms with Crippen molar-refractivity contribution < 1.29 is 9.13 Å². The zero-order chi connectivity index (χ0) is 11.8. The topological polar surface area (TPSA) is 9.23 Å². The second-order valence-electron chi connectivity index (χ2n) is 3.84. The van der Waals surface area contributed by atoms with Crippen molar-refractivity contribution in [3.8, 4) is 5.75 Å². The first-order chi connectivity index (χ1) is 7.74. The number of unbranched alkanes of at least 4 members (excludes halogenated alkanes) is 4. The van der Waals surface area contributed by atoms with Crippen molar-refractivity contribution in [1.29, 1.82) is 0 Å². The summed E-state index contributed by atoms with van der Waals surface area (Å²) in [6, 6.07) is 4.54. The maximum Gasteiger partial charge on any atom is 0.145 e. The molecular weight excluding hydrogens is 227 g/mol. The van der Waals surface area contributed by atoms with Crippen molar-refractivity contribution in [2.75, 3.05) is 6.61 Å². The molecule has 0 unspecified atom stereocenters. The van der Waals surface area contributed by atoms with Gasteiger partial charge in [-0.2, -0.15) is 0 Å². The predicted molar refractivity (Wildman–Crippen MR) is 65.7 cm³/mol. The van der Waals surface area contributed by atoms with Crippen LogP contribution in [0.5, 0.6) is 5.75 Å². The first kappa shape index (κ1) is 13.3. The lowest BCUT2D eigenvalue weighted by Gasteiger charge is -2.06. The molecule has 1 rings (SSSR count). The number of hydrogen-bond acceptors (Lipinski definition) is 1. The summed E-state index contributed by atoms with van der Waals surface area (Å²) in [5, 5.41) is 0.135. The normalized spacial score (nSPS) is 10.4. The molecule has 0 atom stereocenters. The molecule has 0 fully saturated rings. The molecule has 0 aromatic heterocycles. The van der Waals surface area contributed by atoms with E-state index in [1.54, 1.807) is 6.07 Å². The SMILES string of the molecule is CCCCCCCOc1ccc(Cl)c(F)c1. The molecule has 0 saturated heterocycles. The Morgan fingerprint density at radius 2 is 1.94 bits per heavy atom. The Bertz CT molecular complexity index is 315. The third kappa shape index (κ3) is 4.84. The van der Waals surface area contributed by atoms with Gasteiger partial charge in [0, 0.05) is 6.07 Å². The zero-order valence-corrected chi connectivity index (χ0v) is 10.4. The minimum Gasteiger partial charge on any atom is -0.493 e. The Labute approximate surface area is 102 Å². The fourth-order valence-electron chi connectivity index (χ4n) is 1.46. The Hall–Kier alpha value is -0.760. The van der Waals surface area contributed by atoms with Gasteiger partial charge >= 0.3 is 0 Å². The highest BCUT2D eigenvalue weighted by molar-refractivity contribution is 6.30. The van der Waals surface area contributed by atoms with E-state index in [-0.39, 0.29) is 5.02 Å². The molecule has 0 aliphatic rings. The Morgan fingerprint density at radius 3 is 2.62 bits per heavy atom. The quantitative estimate of drug-likeness (QED) is 0.625. The van der Waals surface area contributed by atoms with Crippen LogP contribution in [-0.4, -0.2) is 6.61 Å². The van der Waals surface area contributed by atoms with E-state index in [4.69, 9.17) is 16.3 Å². The van der Waals surface area contributed by atoms with E-state index in [0.717, 1.165) is 6.42 Å². The zero-order valence-electron chi connectivity index (χ0n) is 9.64. The maximum absolute atomic E-state index is 13.0. The van der Waals surface area contributed by atoms with E-state index < -0.39 is 5.82 Å². The van der Waals surface area contributed by atoms with E-state index in [2.05, 4.69) is 6.92 Å². The minimum absolute atomic E-state index is 0.135. The van der Waals surface area contributed by atoms with E-state index in [9.17, 15) is 4.39 Å². The molecule has 0 saturated carbocycles. The number of ether oxygens (including phenoxy) is 1. The number of rotatable bonds is 7. The molecule has 1 aromatic carbocycles. The van der Waals surface area contributed by atoms with Crippen LogP contribution in [-0.2, 0) is 0 Å². The van der Waals surface area contributed by atoms with Gasteiger partial charge in [-0.15, -0.1) is 0 Å². The first-order valence-electron chi connectivity index (χ1n) is 5.82. The molecule has 0 heterocycles. The van der Waals surface area contributed by atoms with Crippen molar-refractivity contribution in [3.63, 3.8) is 0 Å². The molecule has 1 nitrogen and oxygen atoms in total. The fraction of sp³-hybridized carbons (Fsp3) is 0.538. The van der Waals surface area contributed by atoms with Crippen LogP contribution in [0.2, 0.25) is 5.02 Å². The monoisotopic (exact) mass is 244 g/mol. The number of benzene rings is 1. The van der Waals surface area contributed by atoms with Crippen LogP contribution in [0.4, 0.5) is 4.39 Å².